The zero-order valence-electron chi connectivity index (χ0n) is 13.7. The minimum atomic E-state index is -3.14. The van der Waals surface area contributed by atoms with Crippen LogP contribution >= 0.6 is 0 Å². The third-order valence-electron chi connectivity index (χ3n) is 17.0. The molecule has 10 aliphatic heterocycles. The van der Waals surface area contributed by atoms with Crippen molar-refractivity contribution in [3.8, 4) is 0 Å². The predicted molar refractivity (Wildman–Crippen MR) is 87.3 cm³/mol. The second-order valence-corrected chi connectivity index (χ2v) is 36.4. The Hall–Kier alpha value is -1.10. The summed E-state index contributed by atoms with van der Waals surface area (Å²) in [6.45, 7) is 2.22. The topological polar surface area (TPSA) is 78.0 Å². The number of aromatic nitrogens is 2. The number of hydrogen-bond donors (Lipinski definition) is 3. The van der Waals surface area contributed by atoms with Crippen LogP contribution in [0.3, 0.4) is 0 Å². The van der Waals surface area contributed by atoms with E-state index in [1.807, 2.05) is 0 Å². The van der Waals surface area contributed by atoms with Gasteiger partial charge in [0.25, 0.3) is 0 Å². The van der Waals surface area contributed by atoms with Gasteiger partial charge in [0.1, 0.15) is 0 Å². The van der Waals surface area contributed by atoms with E-state index < -0.39 is 18.5 Å². The fourth-order valence-corrected chi connectivity index (χ4v) is 93.0. The first-order chi connectivity index (χ1) is 11.8. The van der Waals surface area contributed by atoms with Crippen molar-refractivity contribution < 1.29 is 16.4 Å². The number of H-pyrrole nitrogens is 1. The Morgan fingerprint density at radius 2 is 1.92 bits per heavy atom. The number of imidazole rings is 1. The van der Waals surface area contributed by atoms with Crippen LogP contribution in [0.25, 0.3) is 0 Å². The molecule has 0 aliphatic carbocycles. The van der Waals surface area contributed by atoms with Crippen molar-refractivity contribution in [2.45, 2.75) is 60.1 Å². The van der Waals surface area contributed by atoms with Crippen molar-refractivity contribution in [1.82, 2.24) is 15.3 Å². The van der Waals surface area contributed by atoms with E-state index in [0.29, 0.717) is 10.7 Å². The molecule has 3 N–H and O–H groups in total. The number of fused-ring (bicyclic) bond motifs is 10. The zero-order valence-corrected chi connectivity index (χ0v) is 14.8. The van der Waals surface area contributed by atoms with Crippen LogP contribution in [0.1, 0.15) is 5.69 Å². The van der Waals surface area contributed by atoms with Gasteiger partial charge < -0.3 is 0 Å². The summed E-state index contributed by atoms with van der Waals surface area (Å²) in [6, 6.07) is -0.562. The summed E-state index contributed by atoms with van der Waals surface area (Å²) in [6.07, 6.45) is 3.84. The number of hydrogen-bond acceptors (Lipinski definition) is 3. The summed E-state index contributed by atoms with van der Waals surface area (Å²) >= 11 is 0. The van der Waals surface area contributed by atoms with Crippen LogP contribution in [-0.4, -0.2) is 33.6 Å². The minimum absolute atomic E-state index is 0.438. The number of nitrogens with zero attached hydrogens (tertiary/aromatic N) is 1. The molecule has 6 heteroatoms. The van der Waals surface area contributed by atoms with Gasteiger partial charge in [-0.3, -0.25) is 0 Å². The van der Waals surface area contributed by atoms with Crippen LogP contribution < -0.4 is 5.32 Å². The summed E-state index contributed by atoms with van der Waals surface area (Å²) in [5, 5.41) is 13.0. The maximum atomic E-state index is 11.7. The second-order valence-electron chi connectivity index (χ2n) is 12.8. The van der Waals surface area contributed by atoms with Gasteiger partial charge in [-0.05, 0) is 0 Å². The molecule has 11 rings (SSSR count). The molecule has 5 unspecified atom stereocenters. The zero-order chi connectivity index (χ0) is 16.3. The summed E-state index contributed by atoms with van der Waals surface area (Å²) < 4.78 is 0.668. The van der Waals surface area contributed by atoms with E-state index in [9.17, 15) is 9.90 Å². The molecular formula is C19H21FeN3O2. The second kappa shape index (κ2) is 1.19. The van der Waals surface area contributed by atoms with E-state index in [2.05, 4.69) is 21.9 Å². The normalized spacial score (nSPS) is 85.8. The third kappa shape index (κ3) is 0.177. The van der Waals surface area contributed by atoms with Gasteiger partial charge in [-0.25, -0.2) is 0 Å². The SMILES string of the molecule is C=C(CNC(Cc1c[nH]cn1)C(=O)O)[C]12[CH]3[CH]4[CH]5[CH]1[Fe]45321678[CH]2[CH]1[CH]6[CH]7[CH]28. The van der Waals surface area contributed by atoms with Gasteiger partial charge in [0.2, 0.25) is 0 Å². The van der Waals surface area contributed by atoms with Crippen molar-refractivity contribution in [3.63, 3.8) is 0 Å². The molecule has 5 atom stereocenters. The van der Waals surface area contributed by atoms with Crippen LogP contribution in [0.15, 0.2) is 24.7 Å². The number of carboxylic acid groups (broad SMARTS) is 1. The van der Waals surface area contributed by atoms with Crippen molar-refractivity contribution in [2.24, 2.45) is 0 Å². The van der Waals surface area contributed by atoms with Crippen molar-refractivity contribution in [1.29, 1.82) is 0 Å². The fraction of sp³-hybridized carbons (Fsp3) is 0.684. The van der Waals surface area contributed by atoms with Crippen LogP contribution in [0.5, 0.6) is 0 Å². The van der Waals surface area contributed by atoms with Gasteiger partial charge in [-0.1, -0.05) is 0 Å². The molecule has 1 aromatic heterocycles. The molecule has 1 aromatic rings. The van der Waals surface area contributed by atoms with Crippen LogP contribution in [0, 0.1) is 0 Å². The molecule has 5 nitrogen and oxygen atoms in total. The molecule has 10 saturated heterocycles. The summed E-state index contributed by atoms with van der Waals surface area (Å²) in [4.78, 5) is 30.2. The Balaban J connectivity index is 0.992. The molecular weight excluding hydrogens is 358 g/mol. The molecule has 10 fully saturated rings. The van der Waals surface area contributed by atoms with Crippen molar-refractivity contribution in [2.75, 3.05) is 6.54 Å². The first kappa shape index (κ1) is 10.9. The molecule has 10 aliphatic rings. The number of carbonyl (C=O) groups is 1. The standard InChI is InChI=1S/C14H16N3O2.C5H5.Fe/c1-10(11-4-2-3-5-11)7-16-13(14(18)19)6-12-8-15-9-17-12;1-2-4-5-3-1;/h2-5,8-9,13,16H,1,6-7H2,(H,15,17)(H,18,19);1-5H;. The molecule has 132 valence electrons. The average Bonchev–Trinajstić information content (AvgIpc) is 3.49. The summed E-state index contributed by atoms with van der Waals surface area (Å²) in [5.74, 6) is -0.777. The first-order valence-corrected chi connectivity index (χ1v) is 16.0. The molecule has 11 heterocycles. The van der Waals surface area contributed by atoms with Gasteiger partial charge in [0, 0.05) is 0 Å². The van der Waals surface area contributed by atoms with Crippen LogP contribution in [-0.2, 0) is 17.7 Å². The number of aromatic amines is 1. The number of aliphatic carboxylic acids is 1. The molecule has 1 spiro atoms. The fourth-order valence-electron chi connectivity index (χ4n) is 18.4. The number of rotatable bonds is 7. The summed E-state index contributed by atoms with van der Waals surface area (Å²) in [7, 11) is 0. The van der Waals surface area contributed by atoms with E-state index in [4.69, 9.17) is 0 Å². The summed E-state index contributed by atoms with van der Waals surface area (Å²) in [5.41, 5.74) is 2.27. The van der Waals surface area contributed by atoms with Crippen molar-refractivity contribution >= 4 is 5.97 Å². The molecule has 0 radical (unpaired) electrons. The Kier molecular flexibility index (Phi) is 0.521. The third-order valence-corrected chi connectivity index (χ3v) is 59.5. The average molecular weight is 379 g/mol. The number of carboxylic acids is 1. The van der Waals surface area contributed by atoms with Gasteiger partial charge in [0.05, 0.1) is 0 Å². The Morgan fingerprint density at radius 1 is 1.28 bits per heavy atom. The Morgan fingerprint density at radius 3 is 2.32 bits per heavy atom. The quantitative estimate of drug-likeness (QED) is 0.502. The Bertz CT molecular complexity index is 1290. The molecule has 0 saturated carbocycles. The van der Waals surface area contributed by atoms with E-state index >= 15 is 0 Å². The first-order valence-electron chi connectivity index (χ1n) is 9.68. The van der Waals surface area contributed by atoms with E-state index in [-0.39, 0.29) is 0 Å². The molecule has 0 amide bonds. The van der Waals surface area contributed by atoms with Crippen LogP contribution in [0.2, 0.25) is 47.7 Å². The van der Waals surface area contributed by atoms with Crippen molar-refractivity contribution in [3.05, 3.63) is 30.4 Å². The predicted octanol–water partition coefficient (Wildman–Crippen LogP) is 3.31. The number of nitrogens with one attached hydrogen (secondary N) is 2. The maximum absolute atomic E-state index is 11.7. The monoisotopic (exact) mass is 379 g/mol. The van der Waals surface area contributed by atoms with Gasteiger partial charge in [0.15, 0.2) is 0 Å². The van der Waals surface area contributed by atoms with Gasteiger partial charge >= 0.3 is 135 Å². The van der Waals surface area contributed by atoms with Gasteiger partial charge in [-0.15, -0.1) is 0 Å². The van der Waals surface area contributed by atoms with E-state index in [1.165, 1.54) is 48.9 Å². The Labute approximate surface area is 135 Å². The molecule has 0 aromatic carbocycles. The van der Waals surface area contributed by atoms with Crippen LogP contribution in [0.4, 0.5) is 0 Å². The molecule has 25 heavy (non-hydrogen) atoms. The van der Waals surface area contributed by atoms with E-state index in [1.54, 1.807) is 12.5 Å². The van der Waals surface area contributed by atoms with E-state index in [0.717, 1.165) is 12.2 Å². The van der Waals surface area contributed by atoms with Gasteiger partial charge in [-0.2, -0.15) is 0 Å². The molecule has 0 bridgehead atoms.